The minimum absolute atomic E-state index is 0.0740. The summed E-state index contributed by atoms with van der Waals surface area (Å²) in [6, 6.07) is 12.8. The number of aliphatic carboxylic acids is 1. The van der Waals surface area contributed by atoms with E-state index >= 15 is 0 Å². The summed E-state index contributed by atoms with van der Waals surface area (Å²) in [6.45, 7) is 4.49. The summed E-state index contributed by atoms with van der Waals surface area (Å²) >= 11 is 0. The number of fused-ring (bicyclic) bond motifs is 3. The number of pyridine rings is 1. The number of rotatable bonds is 12. The van der Waals surface area contributed by atoms with Crippen LogP contribution < -0.4 is 0 Å². The summed E-state index contributed by atoms with van der Waals surface area (Å²) in [5.74, 6) is -2.14. The molecule has 1 aliphatic carbocycles. The second kappa shape index (κ2) is 13.9. The number of likely N-dealkylation sites (tertiary alicyclic amines) is 1. The Hall–Kier alpha value is -3.76. The standard InChI is InChI=1S/C34H41BN2O7/c1-21(2)25-19-26-32(34(42)37(33(26)41)16-7-3-4-12-30(39)40)27-20-35(43)44-29(31(25)27)14-13-23(28-11-5-6-15-36-28)17-22-9-8-10-24(38)18-22/h5-6,8-11,15,17-18,21,26-27,29,32,38,43H,3-4,7,12-14,16,19-20H2,1-2H3,(H,39,40)/b23-17-/t26-,27+,29-,32-/m1/s1. The first kappa shape index (κ1) is 31.7. The molecule has 1 aromatic heterocycles. The van der Waals surface area contributed by atoms with Crippen molar-refractivity contribution in [1.29, 1.82) is 0 Å². The molecule has 3 heterocycles. The van der Waals surface area contributed by atoms with Crippen LogP contribution in [-0.2, 0) is 19.0 Å². The Balaban J connectivity index is 1.39. The van der Waals surface area contributed by atoms with Gasteiger partial charge in [-0.05, 0) is 97.3 Å². The van der Waals surface area contributed by atoms with Crippen molar-refractivity contribution in [1.82, 2.24) is 9.88 Å². The normalized spacial score (nSPS) is 23.8. The van der Waals surface area contributed by atoms with E-state index in [-0.39, 0.29) is 42.1 Å². The zero-order valence-corrected chi connectivity index (χ0v) is 25.4. The number of amides is 2. The smallest absolute Gasteiger partial charge is 0.455 e. The van der Waals surface area contributed by atoms with Gasteiger partial charge in [0.2, 0.25) is 11.8 Å². The average Bonchev–Trinajstić information content (AvgIpc) is 3.23. The molecule has 0 saturated carbocycles. The molecule has 5 rings (SSSR count). The summed E-state index contributed by atoms with van der Waals surface area (Å²) in [7, 11) is -1.05. The van der Waals surface area contributed by atoms with Gasteiger partial charge >= 0.3 is 13.1 Å². The van der Waals surface area contributed by atoms with Crippen LogP contribution in [-0.4, -0.2) is 62.7 Å². The second-order valence-corrected chi connectivity index (χ2v) is 12.4. The van der Waals surface area contributed by atoms with Crippen LogP contribution in [0.15, 0.2) is 59.8 Å². The molecule has 1 aromatic carbocycles. The molecule has 0 unspecified atom stereocenters. The molecule has 2 aromatic rings. The Morgan fingerprint density at radius 1 is 1.09 bits per heavy atom. The minimum Gasteiger partial charge on any atom is -0.508 e. The first-order chi connectivity index (χ1) is 21.1. The van der Waals surface area contributed by atoms with Gasteiger partial charge in [0.05, 0.1) is 23.6 Å². The number of hydrogen-bond acceptors (Lipinski definition) is 7. The molecule has 0 spiro atoms. The van der Waals surface area contributed by atoms with E-state index in [0.29, 0.717) is 45.1 Å². The molecule has 0 bridgehead atoms. The summed E-state index contributed by atoms with van der Waals surface area (Å²) < 4.78 is 6.19. The quantitative estimate of drug-likeness (QED) is 0.131. The largest absolute Gasteiger partial charge is 0.508 e. The predicted octanol–water partition coefficient (Wildman–Crippen LogP) is 5.21. The minimum atomic E-state index is -1.05. The number of carbonyl (C=O) groups is 3. The van der Waals surface area contributed by atoms with Crippen LogP contribution in [0.3, 0.4) is 0 Å². The van der Waals surface area contributed by atoms with Gasteiger partial charge in [0.25, 0.3) is 0 Å². The van der Waals surface area contributed by atoms with Crippen LogP contribution in [0.1, 0.15) is 70.1 Å². The number of phenols is 1. The molecule has 9 nitrogen and oxygen atoms in total. The highest BCUT2D eigenvalue weighted by Crippen LogP contribution is 2.52. The number of hydrogen-bond donors (Lipinski definition) is 3. The van der Waals surface area contributed by atoms with Gasteiger partial charge in [0.1, 0.15) is 5.75 Å². The van der Waals surface area contributed by atoms with Crippen LogP contribution in [0.4, 0.5) is 0 Å². The van der Waals surface area contributed by atoms with Gasteiger partial charge in [-0.3, -0.25) is 24.3 Å². The average molecular weight is 601 g/mol. The monoisotopic (exact) mass is 600 g/mol. The Morgan fingerprint density at radius 2 is 1.91 bits per heavy atom. The van der Waals surface area contributed by atoms with Crippen molar-refractivity contribution in [3.05, 3.63) is 71.1 Å². The molecule has 10 heteroatoms. The lowest BCUT2D eigenvalue weighted by Gasteiger charge is -2.44. The topological polar surface area (TPSA) is 137 Å². The number of benzene rings is 1. The Morgan fingerprint density at radius 3 is 2.61 bits per heavy atom. The fourth-order valence-corrected chi connectivity index (χ4v) is 7.19. The number of carbonyl (C=O) groups excluding carboxylic acids is 2. The maximum Gasteiger partial charge on any atom is 0.455 e. The lowest BCUT2D eigenvalue weighted by atomic mass is 9.57. The number of nitrogens with zero attached hydrogens (tertiary/aromatic N) is 2. The lowest BCUT2D eigenvalue weighted by molar-refractivity contribution is -0.141. The van der Waals surface area contributed by atoms with Gasteiger partial charge < -0.3 is 19.9 Å². The highest BCUT2D eigenvalue weighted by Gasteiger charge is 2.57. The van der Waals surface area contributed by atoms with Crippen LogP contribution >= 0.6 is 0 Å². The van der Waals surface area contributed by atoms with Gasteiger partial charge in [-0.2, -0.15) is 0 Å². The number of phenolic OH excluding ortho intramolecular Hbond substituents is 1. The van der Waals surface area contributed by atoms with Gasteiger partial charge in [-0.25, -0.2) is 0 Å². The molecular formula is C34H41BN2O7. The van der Waals surface area contributed by atoms with E-state index in [0.717, 1.165) is 28.0 Å². The summed E-state index contributed by atoms with van der Waals surface area (Å²) in [5.41, 5.74) is 4.79. The molecule has 2 amide bonds. The van der Waals surface area contributed by atoms with E-state index in [9.17, 15) is 24.5 Å². The van der Waals surface area contributed by atoms with Crippen molar-refractivity contribution >= 4 is 36.6 Å². The molecule has 232 valence electrons. The van der Waals surface area contributed by atoms with Crippen molar-refractivity contribution in [2.75, 3.05) is 6.54 Å². The molecule has 2 aliphatic heterocycles. The Labute approximate surface area is 258 Å². The maximum absolute atomic E-state index is 13.8. The highest BCUT2D eigenvalue weighted by molar-refractivity contribution is 6.43. The zero-order valence-electron chi connectivity index (χ0n) is 25.4. The number of carboxylic acids is 1. The third kappa shape index (κ3) is 6.97. The molecule has 3 N–H and O–H groups in total. The van der Waals surface area contributed by atoms with Crippen molar-refractivity contribution in [2.45, 2.75) is 71.2 Å². The molecule has 3 aliphatic rings. The first-order valence-electron chi connectivity index (χ1n) is 15.7. The van der Waals surface area contributed by atoms with Gasteiger partial charge in [-0.1, -0.05) is 44.0 Å². The predicted molar refractivity (Wildman–Crippen MR) is 167 cm³/mol. The van der Waals surface area contributed by atoms with Crippen LogP contribution in [0.2, 0.25) is 6.32 Å². The number of aromatic hydroxyl groups is 1. The fraction of sp³-hybridized carbons (Fsp3) is 0.471. The van der Waals surface area contributed by atoms with Crippen molar-refractivity contribution in [3.63, 3.8) is 0 Å². The second-order valence-electron chi connectivity index (χ2n) is 12.4. The Kier molecular flexibility index (Phi) is 10.0. The molecular weight excluding hydrogens is 559 g/mol. The van der Waals surface area contributed by atoms with E-state index in [2.05, 4.69) is 18.8 Å². The highest BCUT2D eigenvalue weighted by atomic mass is 16.5. The zero-order chi connectivity index (χ0) is 31.4. The number of aromatic nitrogens is 1. The summed E-state index contributed by atoms with van der Waals surface area (Å²) in [4.78, 5) is 44.1. The SMILES string of the molecule is CC(C)C1=C2[C@@H](CC/C(=C/c3cccc(O)c3)c3ccccn3)OB(O)C[C@@H]2[C@@H]2C(=O)N(CCCCCC(=O)O)C(=O)[C@@H]2C1. The first-order valence-corrected chi connectivity index (χ1v) is 15.7. The Bertz CT molecular complexity index is 1440. The maximum atomic E-state index is 13.8. The van der Waals surface area contributed by atoms with Gasteiger partial charge in [-0.15, -0.1) is 0 Å². The summed E-state index contributed by atoms with van der Waals surface area (Å²) in [5, 5.41) is 29.8. The molecule has 2 fully saturated rings. The molecule has 4 atom stereocenters. The van der Waals surface area contributed by atoms with Crippen LogP contribution in [0.5, 0.6) is 5.75 Å². The van der Waals surface area contributed by atoms with Crippen molar-refractivity contribution in [3.8, 4) is 5.75 Å². The third-order valence-electron chi connectivity index (χ3n) is 9.19. The fourth-order valence-electron chi connectivity index (χ4n) is 7.19. The van der Waals surface area contributed by atoms with Gasteiger partial charge in [0.15, 0.2) is 0 Å². The summed E-state index contributed by atoms with van der Waals surface area (Å²) in [6.07, 6.45) is 6.99. The third-order valence-corrected chi connectivity index (χ3v) is 9.19. The van der Waals surface area contributed by atoms with Gasteiger partial charge in [0, 0.05) is 19.2 Å². The van der Waals surface area contributed by atoms with Crippen LogP contribution in [0.25, 0.3) is 11.6 Å². The van der Waals surface area contributed by atoms with Crippen LogP contribution in [0, 0.1) is 23.7 Å². The van der Waals surface area contributed by atoms with E-state index < -0.39 is 31.0 Å². The number of unbranched alkanes of at least 4 members (excludes halogenated alkanes) is 2. The van der Waals surface area contributed by atoms with E-state index in [1.165, 1.54) is 4.90 Å². The van der Waals surface area contributed by atoms with Crippen molar-refractivity contribution in [2.24, 2.45) is 23.7 Å². The van der Waals surface area contributed by atoms with E-state index in [1.807, 2.05) is 30.3 Å². The van der Waals surface area contributed by atoms with Crippen molar-refractivity contribution < 1.29 is 34.3 Å². The lowest BCUT2D eigenvalue weighted by Crippen LogP contribution is -2.46. The number of imide groups is 1. The van der Waals surface area contributed by atoms with E-state index in [1.54, 1.807) is 24.4 Å². The molecule has 2 saturated heterocycles. The van der Waals surface area contributed by atoms with E-state index in [4.69, 9.17) is 9.76 Å². The molecule has 0 radical (unpaired) electrons. The number of carboxylic acid groups (broad SMARTS) is 1. The molecule has 44 heavy (non-hydrogen) atoms. The number of allylic oxidation sites excluding steroid dienone is 2.